The molecule has 0 spiro atoms. The highest BCUT2D eigenvalue weighted by molar-refractivity contribution is 7.79. The van der Waals surface area contributed by atoms with Gasteiger partial charge in [0.25, 0.3) is 0 Å². The van der Waals surface area contributed by atoms with Gasteiger partial charge in [0.15, 0.2) is 0 Å². The molecule has 0 aromatic rings. The van der Waals surface area contributed by atoms with Gasteiger partial charge in [-0.25, -0.2) is 0 Å². The summed E-state index contributed by atoms with van der Waals surface area (Å²) in [5, 5.41) is 0. The standard InChI is InChI=1S/3C16H36N.H2O4S.H/c3*1-5-9-13-17(14-10-6-2,15-11-7-3)16-12-8-4;1-5(2,3)4;/h3*5-16H2,1-4H3;(H2,1,2,3,4);/q3*+1;;-1/p-2. The maximum absolute atomic E-state index is 8.52. The summed E-state index contributed by atoms with van der Waals surface area (Å²) < 4.78 is 38.3. The van der Waals surface area contributed by atoms with Crippen molar-refractivity contribution >= 4 is 10.4 Å². The van der Waals surface area contributed by atoms with Gasteiger partial charge >= 0.3 is 0 Å². The lowest BCUT2D eigenvalue weighted by Gasteiger charge is -2.39. The molecule has 0 N–H and O–H groups in total. The highest BCUT2D eigenvalue weighted by Crippen LogP contribution is 2.19. The Kier molecular flexibility index (Phi) is 49.4. The fourth-order valence-corrected chi connectivity index (χ4v) is 7.93. The van der Waals surface area contributed by atoms with E-state index >= 15 is 0 Å². The van der Waals surface area contributed by atoms with Gasteiger partial charge in [-0.1, -0.05) is 160 Å². The summed E-state index contributed by atoms with van der Waals surface area (Å²) in [4.78, 5) is 0. The van der Waals surface area contributed by atoms with Gasteiger partial charge in [0.2, 0.25) is 0 Å². The molecule has 0 rings (SSSR count). The van der Waals surface area contributed by atoms with Gasteiger partial charge in [-0.2, -0.15) is 0 Å². The van der Waals surface area contributed by atoms with Crippen molar-refractivity contribution in [1.29, 1.82) is 0 Å². The van der Waals surface area contributed by atoms with Gasteiger partial charge in [0, 0.05) is 10.4 Å². The molecule has 0 aromatic heterocycles. The smallest absolute Gasteiger partial charge is 0.0786 e. The van der Waals surface area contributed by atoms with Crippen LogP contribution in [0.25, 0.3) is 0 Å². The third kappa shape index (κ3) is 41.9. The van der Waals surface area contributed by atoms with Gasteiger partial charge in [-0.3, -0.25) is 8.42 Å². The molecule has 8 heteroatoms. The Labute approximate surface area is 357 Å². The number of quaternary nitrogens is 3. The van der Waals surface area contributed by atoms with Crippen LogP contribution >= 0.6 is 0 Å². The zero-order valence-corrected chi connectivity index (χ0v) is 41.7. The van der Waals surface area contributed by atoms with E-state index in [0.29, 0.717) is 0 Å². The SMILES string of the molecule is CCCC[N+](CCCC)(CCCC)CCCC.CCCC[N+](CCCC)(CCCC)CCCC.CCCC[N+](CCCC)(CCCC)CCCC.O=S(=O)([O-])[O-].[H-]. The molecule has 0 aliphatic heterocycles. The van der Waals surface area contributed by atoms with Crippen LogP contribution in [-0.4, -0.2) is 110 Å². The lowest BCUT2D eigenvalue weighted by Crippen LogP contribution is -2.50. The predicted octanol–water partition coefficient (Wildman–Crippen LogP) is 13.8. The Bertz CT molecular complexity index is 657. The van der Waals surface area contributed by atoms with Crippen LogP contribution in [0.1, 0.15) is 239 Å². The van der Waals surface area contributed by atoms with E-state index in [0.717, 1.165) is 0 Å². The average Bonchev–Trinajstić information content (AvgIpc) is 3.19. The minimum Gasteiger partial charge on any atom is -1.00 e. The van der Waals surface area contributed by atoms with Crippen molar-refractivity contribution in [2.45, 2.75) is 237 Å². The average molecular weight is 824 g/mol. The Balaban J connectivity index is -0.000000221. The molecule has 0 bridgehead atoms. The highest BCUT2D eigenvalue weighted by Gasteiger charge is 2.26. The third-order valence-corrected chi connectivity index (χ3v) is 11.8. The van der Waals surface area contributed by atoms with E-state index in [-0.39, 0.29) is 1.43 Å². The number of rotatable bonds is 36. The first-order valence-corrected chi connectivity index (χ1v) is 26.3. The van der Waals surface area contributed by atoms with Crippen LogP contribution in [0.3, 0.4) is 0 Å². The minimum absolute atomic E-state index is 0. The summed E-state index contributed by atoms with van der Waals surface area (Å²) in [5.74, 6) is 0. The van der Waals surface area contributed by atoms with E-state index in [1.165, 1.54) is 246 Å². The molecular weight excluding hydrogens is 715 g/mol. The van der Waals surface area contributed by atoms with Crippen LogP contribution < -0.4 is 0 Å². The van der Waals surface area contributed by atoms with Crippen molar-refractivity contribution in [2.24, 2.45) is 0 Å². The van der Waals surface area contributed by atoms with Crippen molar-refractivity contribution in [1.82, 2.24) is 0 Å². The molecule has 0 aliphatic rings. The quantitative estimate of drug-likeness (QED) is 0.0358. The molecule has 0 fully saturated rings. The molecule has 0 radical (unpaired) electrons. The van der Waals surface area contributed by atoms with E-state index in [1.54, 1.807) is 0 Å². The highest BCUT2D eigenvalue weighted by atomic mass is 32.3. The van der Waals surface area contributed by atoms with Crippen molar-refractivity contribution in [3.63, 3.8) is 0 Å². The third-order valence-electron chi connectivity index (χ3n) is 11.8. The molecule has 0 unspecified atom stereocenters. The normalized spacial score (nSPS) is 12.0. The number of unbranched alkanes of at least 4 members (excludes halogenated alkanes) is 12. The molecule has 0 saturated carbocycles. The number of hydrogen-bond donors (Lipinski definition) is 0. The van der Waals surface area contributed by atoms with Gasteiger partial charge in [0.05, 0.1) is 78.5 Å². The predicted molar refractivity (Wildman–Crippen MR) is 250 cm³/mol. The number of nitrogens with zero attached hydrogens (tertiary/aromatic N) is 3. The summed E-state index contributed by atoms with van der Waals surface area (Å²) in [6, 6.07) is 0. The monoisotopic (exact) mass is 824 g/mol. The second kappa shape index (κ2) is 44.3. The molecule has 0 atom stereocenters. The van der Waals surface area contributed by atoms with Crippen molar-refractivity contribution in [3.8, 4) is 0 Å². The van der Waals surface area contributed by atoms with Crippen LogP contribution in [0.4, 0.5) is 0 Å². The summed E-state index contributed by atoms with van der Waals surface area (Å²) in [7, 11) is -5.17. The van der Waals surface area contributed by atoms with Crippen LogP contribution in [0.15, 0.2) is 0 Å². The maximum Gasteiger partial charge on any atom is 0.0786 e. The van der Waals surface area contributed by atoms with E-state index < -0.39 is 10.4 Å². The largest absolute Gasteiger partial charge is 1.00 e. The van der Waals surface area contributed by atoms with Crippen LogP contribution in [-0.2, 0) is 10.4 Å². The van der Waals surface area contributed by atoms with Crippen molar-refractivity contribution < 1.29 is 32.4 Å². The molecule has 0 saturated heterocycles. The first-order valence-electron chi connectivity index (χ1n) is 24.9. The Hall–Kier alpha value is -0.250. The second-order valence-corrected chi connectivity index (χ2v) is 18.2. The van der Waals surface area contributed by atoms with E-state index in [9.17, 15) is 0 Å². The fraction of sp³-hybridized carbons (Fsp3) is 1.00. The molecule has 7 nitrogen and oxygen atoms in total. The van der Waals surface area contributed by atoms with Gasteiger partial charge in [-0.15, -0.1) is 0 Å². The fourth-order valence-electron chi connectivity index (χ4n) is 7.93. The molecule has 0 aromatic carbocycles. The lowest BCUT2D eigenvalue weighted by molar-refractivity contribution is -0.929. The summed E-state index contributed by atoms with van der Waals surface area (Å²) >= 11 is 0. The summed E-state index contributed by atoms with van der Waals surface area (Å²) in [6.07, 6.45) is 33.2. The van der Waals surface area contributed by atoms with Crippen LogP contribution in [0, 0.1) is 0 Å². The van der Waals surface area contributed by atoms with E-state index in [1.807, 2.05) is 0 Å². The Morgan fingerprint density at radius 1 is 0.268 bits per heavy atom. The van der Waals surface area contributed by atoms with E-state index in [4.69, 9.17) is 17.5 Å². The van der Waals surface area contributed by atoms with Crippen molar-refractivity contribution in [3.05, 3.63) is 0 Å². The minimum atomic E-state index is -5.17. The Morgan fingerprint density at radius 2 is 0.339 bits per heavy atom. The molecular formula is C48H109N3O4S. The number of hydrogen-bond acceptors (Lipinski definition) is 4. The molecule has 56 heavy (non-hydrogen) atoms. The Morgan fingerprint density at radius 3 is 0.393 bits per heavy atom. The zero-order chi connectivity index (χ0) is 43.5. The molecule has 0 amide bonds. The van der Waals surface area contributed by atoms with E-state index in [2.05, 4.69) is 83.1 Å². The topological polar surface area (TPSA) is 80.3 Å². The summed E-state index contributed by atoms with van der Waals surface area (Å²) in [5.41, 5.74) is 0. The first-order chi connectivity index (χ1) is 26.7. The second-order valence-electron chi connectivity index (χ2n) is 17.4. The molecule has 0 heterocycles. The van der Waals surface area contributed by atoms with Gasteiger partial charge in [-0.05, 0) is 77.0 Å². The van der Waals surface area contributed by atoms with Crippen molar-refractivity contribution in [2.75, 3.05) is 78.5 Å². The van der Waals surface area contributed by atoms with Crippen LogP contribution in [0.2, 0.25) is 0 Å². The van der Waals surface area contributed by atoms with Gasteiger partial charge in [0.1, 0.15) is 0 Å². The molecule has 0 aliphatic carbocycles. The first kappa shape index (κ1) is 62.4. The van der Waals surface area contributed by atoms with Crippen LogP contribution in [0.5, 0.6) is 0 Å². The molecule has 346 valence electrons. The zero-order valence-electron chi connectivity index (χ0n) is 41.8. The summed E-state index contributed by atoms with van der Waals surface area (Å²) in [6.45, 7) is 45.1. The van der Waals surface area contributed by atoms with Gasteiger partial charge < -0.3 is 24.0 Å². The maximum atomic E-state index is 8.52. The lowest BCUT2D eigenvalue weighted by atomic mass is 10.1.